The first-order chi connectivity index (χ1) is 13.1. The number of carbonyl (C=O) groups excluding carboxylic acids is 2. The van der Waals surface area contributed by atoms with Gasteiger partial charge in [-0.05, 0) is 29.8 Å². The maximum absolute atomic E-state index is 13.0. The molecule has 27 heavy (non-hydrogen) atoms. The van der Waals surface area contributed by atoms with E-state index >= 15 is 0 Å². The summed E-state index contributed by atoms with van der Waals surface area (Å²) in [4.78, 5) is 27.0. The summed E-state index contributed by atoms with van der Waals surface area (Å²) in [5, 5.41) is 0. The highest BCUT2D eigenvalue weighted by Crippen LogP contribution is 2.43. The topological polar surface area (TPSA) is 65.1 Å². The molecule has 2 aliphatic heterocycles. The fraction of sp³-hybridized carbons (Fsp3) is 0.238. The van der Waals surface area contributed by atoms with Crippen molar-refractivity contribution in [2.45, 2.75) is 12.3 Å². The van der Waals surface area contributed by atoms with Crippen molar-refractivity contribution in [1.82, 2.24) is 0 Å². The molecule has 2 aromatic rings. The Labute approximate surface area is 156 Å². The summed E-state index contributed by atoms with van der Waals surface area (Å²) in [5.41, 5.74) is 2.70. The van der Waals surface area contributed by atoms with Gasteiger partial charge >= 0.3 is 5.97 Å². The molecule has 1 atom stereocenters. The number of hydrogen-bond acceptors (Lipinski definition) is 5. The van der Waals surface area contributed by atoms with Crippen LogP contribution in [0.4, 0.5) is 5.69 Å². The van der Waals surface area contributed by atoms with E-state index in [0.717, 1.165) is 11.3 Å². The molecule has 4 rings (SSSR count). The van der Waals surface area contributed by atoms with Crippen LogP contribution in [0.3, 0.4) is 0 Å². The molecule has 0 aliphatic carbocycles. The van der Waals surface area contributed by atoms with Crippen molar-refractivity contribution in [2.75, 3.05) is 25.7 Å². The van der Waals surface area contributed by atoms with Gasteiger partial charge in [0.25, 0.3) is 0 Å². The number of cyclic esters (lactones) is 1. The van der Waals surface area contributed by atoms with E-state index in [1.54, 1.807) is 25.2 Å². The van der Waals surface area contributed by atoms with Crippen LogP contribution >= 0.6 is 0 Å². The molecule has 2 aromatic carbocycles. The number of carbonyl (C=O) groups is 2. The van der Waals surface area contributed by atoms with E-state index in [4.69, 9.17) is 14.2 Å². The lowest BCUT2D eigenvalue weighted by Crippen LogP contribution is -2.37. The van der Waals surface area contributed by atoms with Crippen LogP contribution in [-0.2, 0) is 14.3 Å². The van der Waals surface area contributed by atoms with E-state index in [0.29, 0.717) is 22.8 Å². The van der Waals surface area contributed by atoms with Crippen LogP contribution in [0.2, 0.25) is 0 Å². The molecule has 2 heterocycles. The van der Waals surface area contributed by atoms with E-state index in [1.165, 1.54) is 0 Å². The van der Waals surface area contributed by atoms with Crippen LogP contribution in [0.1, 0.15) is 17.9 Å². The number of para-hydroxylation sites is 1. The second-order valence-electron chi connectivity index (χ2n) is 6.37. The molecule has 1 amide bonds. The highest BCUT2D eigenvalue weighted by Gasteiger charge is 2.43. The normalized spacial score (nSPS) is 19.0. The summed E-state index contributed by atoms with van der Waals surface area (Å²) >= 11 is 0. The van der Waals surface area contributed by atoms with E-state index in [2.05, 4.69) is 0 Å². The first-order valence-electron chi connectivity index (χ1n) is 8.64. The zero-order valence-electron chi connectivity index (χ0n) is 15.1. The number of esters is 1. The van der Waals surface area contributed by atoms with Gasteiger partial charge in [0.1, 0.15) is 6.61 Å². The third-order valence-electron chi connectivity index (χ3n) is 4.94. The van der Waals surface area contributed by atoms with Gasteiger partial charge in [0, 0.05) is 18.0 Å². The van der Waals surface area contributed by atoms with Crippen molar-refractivity contribution in [2.24, 2.45) is 0 Å². The number of ether oxygens (including phenoxy) is 3. The lowest BCUT2D eigenvalue weighted by molar-refractivity contribution is -0.136. The minimum atomic E-state index is -0.377. The minimum Gasteiger partial charge on any atom is -0.493 e. The highest BCUT2D eigenvalue weighted by molar-refractivity contribution is 6.06. The van der Waals surface area contributed by atoms with Crippen molar-refractivity contribution in [3.8, 4) is 11.5 Å². The SMILES string of the molecule is COc1ccc([C@H]2CC(=O)N(c3ccccc3)C3=C2C(=O)OC3)cc1OC. The van der Waals surface area contributed by atoms with Crippen molar-refractivity contribution >= 4 is 17.6 Å². The summed E-state index contributed by atoms with van der Waals surface area (Å²) < 4.78 is 15.9. The average Bonchev–Trinajstić information content (AvgIpc) is 3.08. The van der Waals surface area contributed by atoms with E-state index < -0.39 is 0 Å². The smallest absolute Gasteiger partial charge is 0.336 e. The van der Waals surface area contributed by atoms with Crippen LogP contribution < -0.4 is 14.4 Å². The lowest BCUT2D eigenvalue weighted by Gasteiger charge is -2.32. The highest BCUT2D eigenvalue weighted by atomic mass is 16.5. The Balaban J connectivity index is 1.81. The molecule has 6 heteroatoms. The van der Waals surface area contributed by atoms with Crippen molar-refractivity contribution in [1.29, 1.82) is 0 Å². The summed E-state index contributed by atoms with van der Waals surface area (Å²) in [6.07, 6.45) is 0.179. The Morgan fingerprint density at radius 1 is 1.00 bits per heavy atom. The molecule has 138 valence electrons. The number of amides is 1. The van der Waals surface area contributed by atoms with Crippen molar-refractivity contribution < 1.29 is 23.8 Å². The zero-order chi connectivity index (χ0) is 19.0. The Morgan fingerprint density at radius 3 is 2.44 bits per heavy atom. The molecule has 6 nitrogen and oxygen atoms in total. The fourth-order valence-corrected chi connectivity index (χ4v) is 3.69. The average molecular weight is 365 g/mol. The van der Waals surface area contributed by atoms with Crippen molar-refractivity contribution in [3.63, 3.8) is 0 Å². The monoisotopic (exact) mass is 365 g/mol. The number of benzene rings is 2. The van der Waals surface area contributed by atoms with E-state index in [1.807, 2.05) is 42.5 Å². The van der Waals surface area contributed by atoms with Crippen molar-refractivity contribution in [3.05, 3.63) is 65.4 Å². The Bertz CT molecular complexity index is 935. The van der Waals surface area contributed by atoms with Gasteiger partial charge in [-0.2, -0.15) is 0 Å². The Kier molecular flexibility index (Phi) is 4.32. The third-order valence-corrected chi connectivity index (χ3v) is 4.94. The van der Waals surface area contributed by atoms with Crippen LogP contribution in [0.15, 0.2) is 59.8 Å². The van der Waals surface area contributed by atoms with Gasteiger partial charge in [-0.25, -0.2) is 4.79 Å². The van der Waals surface area contributed by atoms with Gasteiger partial charge in [-0.1, -0.05) is 24.3 Å². The van der Waals surface area contributed by atoms with Gasteiger partial charge in [0.05, 0.1) is 25.5 Å². The number of methoxy groups -OCH3 is 2. The Morgan fingerprint density at radius 2 is 1.74 bits per heavy atom. The summed E-state index contributed by atoms with van der Waals surface area (Å²) in [5.74, 6) is 0.331. The number of nitrogens with zero attached hydrogens (tertiary/aromatic N) is 1. The van der Waals surface area contributed by atoms with E-state index in [-0.39, 0.29) is 30.8 Å². The number of anilines is 1. The standard InChI is InChI=1S/C21H19NO5/c1-25-17-9-8-13(10-18(17)26-2)15-11-19(23)22(14-6-4-3-5-7-14)16-12-27-21(24)20(15)16/h3-10,15H,11-12H2,1-2H3/t15-/m1/s1. The fourth-order valence-electron chi connectivity index (χ4n) is 3.69. The van der Waals surface area contributed by atoms with Gasteiger partial charge in [-0.3, -0.25) is 9.69 Å². The molecule has 0 bridgehead atoms. The quantitative estimate of drug-likeness (QED) is 0.779. The van der Waals surface area contributed by atoms with Gasteiger partial charge in [0.2, 0.25) is 5.91 Å². The first kappa shape index (κ1) is 17.1. The molecule has 0 fully saturated rings. The van der Waals surface area contributed by atoms with Gasteiger partial charge in [0.15, 0.2) is 11.5 Å². The summed E-state index contributed by atoms with van der Waals surface area (Å²) in [6.45, 7) is 0.0958. The predicted octanol–water partition coefficient (Wildman–Crippen LogP) is 3.04. The minimum absolute atomic E-state index is 0.0713. The molecule has 0 spiro atoms. The maximum Gasteiger partial charge on any atom is 0.336 e. The van der Waals surface area contributed by atoms with Gasteiger partial charge < -0.3 is 14.2 Å². The lowest BCUT2D eigenvalue weighted by atomic mass is 9.84. The summed E-state index contributed by atoms with van der Waals surface area (Å²) in [6, 6.07) is 14.8. The molecule has 0 unspecified atom stereocenters. The Hall–Kier alpha value is -3.28. The van der Waals surface area contributed by atoms with Crippen LogP contribution in [0.25, 0.3) is 0 Å². The molecule has 0 radical (unpaired) electrons. The number of hydrogen-bond donors (Lipinski definition) is 0. The second kappa shape index (κ2) is 6.79. The molecular weight excluding hydrogens is 346 g/mol. The molecule has 0 aromatic heterocycles. The largest absolute Gasteiger partial charge is 0.493 e. The summed E-state index contributed by atoms with van der Waals surface area (Å²) in [7, 11) is 3.12. The molecule has 0 saturated carbocycles. The molecule has 0 N–H and O–H groups in total. The second-order valence-corrected chi connectivity index (χ2v) is 6.37. The molecular formula is C21H19NO5. The molecule has 0 saturated heterocycles. The van der Waals surface area contributed by atoms with Crippen LogP contribution in [0, 0.1) is 0 Å². The van der Waals surface area contributed by atoms with Crippen LogP contribution in [-0.4, -0.2) is 32.7 Å². The van der Waals surface area contributed by atoms with E-state index in [9.17, 15) is 9.59 Å². The maximum atomic E-state index is 13.0. The zero-order valence-corrected chi connectivity index (χ0v) is 15.1. The third kappa shape index (κ3) is 2.83. The molecule has 2 aliphatic rings. The predicted molar refractivity (Wildman–Crippen MR) is 98.8 cm³/mol. The number of rotatable bonds is 4. The van der Waals surface area contributed by atoms with Crippen LogP contribution in [0.5, 0.6) is 11.5 Å². The first-order valence-corrected chi connectivity index (χ1v) is 8.64. The van der Waals surface area contributed by atoms with Gasteiger partial charge in [-0.15, -0.1) is 0 Å².